The summed E-state index contributed by atoms with van der Waals surface area (Å²) in [5, 5.41) is 1.89. The Kier molecular flexibility index (Phi) is 7.29. The van der Waals surface area contributed by atoms with Gasteiger partial charge in [-0.2, -0.15) is 0 Å². The average Bonchev–Trinajstić information content (AvgIpc) is 3.20. The summed E-state index contributed by atoms with van der Waals surface area (Å²) in [6.07, 6.45) is 5.09. The fourth-order valence-electron chi connectivity index (χ4n) is 4.14. The van der Waals surface area contributed by atoms with Gasteiger partial charge in [0, 0.05) is 19.6 Å². The van der Waals surface area contributed by atoms with Crippen LogP contribution in [0.4, 0.5) is 4.79 Å². The molecule has 0 radical (unpaired) electrons. The van der Waals surface area contributed by atoms with Gasteiger partial charge in [0.15, 0.2) is 0 Å². The van der Waals surface area contributed by atoms with Gasteiger partial charge in [-0.25, -0.2) is 9.97 Å². The molecular formula is C27H26N4O4S. The highest BCUT2D eigenvalue weighted by atomic mass is 32.2. The van der Waals surface area contributed by atoms with E-state index in [-0.39, 0.29) is 17.3 Å². The Hall–Kier alpha value is -3.69. The molecule has 36 heavy (non-hydrogen) atoms. The summed E-state index contributed by atoms with van der Waals surface area (Å²) in [6, 6.07) is 17.7. The second-order valence-corrected chi connectivity index (χ2v) is 9.73. The van der Waals surface area contributed by atoms with Crippen LogP contribution in [0.3, 0.4) is 0 Å². The van der Waals surface area contributed by atoms with Gasteiger partial charge >= 0.3 is 0 Å². The number of carbonyl (C=O) groups is 2. The first-order valence-corrected chi connectivity index (χ1v) is 12.6. The van der Waals surface area contributed by atoms with E-state index in [0.29, 0.717) is 22.4 Å². The van der Waals surface area contributed by atoms with E-state index in [1.807, 2.05) is 25.1 Å². The van der Waals surface area contributed by atoms with Crippen molar-refractivity contribution in [3.8, 4) is 17.5 Å². The number of likely N-dealkylation sites (tertiary alicyclic amines) is 1. The second-order valence-electron chi connectivity index (χ2n) is 8.71. The van der Waals surface area contributed by atoms with Crippen molar-refractivity contribution in [2.24, 2.45) is 0 Å². The van der Waals surface area contributed by atoms with Crippen LogP contribution in [0, 0.1) is 6.92 Å². The van der Waals surface area contributed by atoms with Crippen molar-refractivity contribution >= 4 is 29.0 Å². The molecule has 2 saturated heterocycles. The number of carbonyl (C=O) groups excluding carboxylic acids is 2. The van der Waals surface area contributed by atoms with Crippen LogP contribution in [0.2, 0.25) is 0 Å². The molecule has 0 spiro atoms. The lowest BCUT2D eigenvalue weighted by atomic mass is 10.1. The third-order valence-electron chi connectivity index (χ3n) is 6.09. The molecule has 0 unspecified atom stereocenters. The summed E-state index contributed by atoms with van der Waals surface area (Å²) in [7, 11) is 0. The van der Waals surface area contributed by atoms with Crippen molar-refractivity contribution in [2.45, 2.75) is 32.4 Å². The maximum Gasteiger partial charge on any atom is 0.290 e. The van der Waals surface area contributed by atoms with E-state index in [2.05, 4.69) is 44.5 Å². The Morgan fingerprint density at radius 2 is 1.75 bits per heavy atom. The Bertz CT molecular complexity index is 1270. The van der Waals surface area contributed by atoms with E-state index in [4.69, 9.17) is 9.47 Å². The number of benzene rings is 2. The van der Waals surface area contributed by atoms with Crippen LogP contribution in [0.15, 0.2) is 65.8 Å². The Labute approximate surface area is 213 Å². The molecule has 8 nitrogen and oxygen atoms in total. The topological polar surface area (TPSA) is 93.6 Å². The Morgan fingerprint density at radius 3 is 2.44 bits per heavy atom. The first-order chi connectivity index (χ1) is 17.5. The van der Waals surface area contributed by atoms with Crippen LogP contribution in [0.1, 0.15) is 29.5 Å². The first-order valence-electron chi connectivity index (χ1n) is 11.8. The molecule has 0 atom stereocenters. The molecule has 0 bridgehead atoms. The number of hydrogen-bond acceptors (Lipinski definition) is 8. The molecule has 1 aromatic heterocycles. The highest BCUT2D eigenvalue weighted by Gasteiger charge is 2.25. The Balaban J connectivity index is 1.18. The maximum absolute atomic E-state index is 11.7. The number of piperidine rings is 1. The number of ether oxygens (including phenoxy) is 2. The fraction of sp³-hybridized carbons (Fsp3) is 0.259. The van der Waals surface area contributed by atoms with E-state index in [1.165, 1.54) is 11.9 Å². The summed E-state index contributed by atoms with van der Waals surface area (Å²) in [5.41, 5.74) is 2.86. The van der Waals surface area contributed by atoms with Crippen molar-refractivity contribution in [1.29, 1.82) is 0 Å². The number of imide groups is 1. The van der Waals surface area contributed by atoms with Gasteiger partial charge in [-0.1, -0.05) is 42.5 Å². The van der Waals surface area contributed by atoms with E-state index in [9.17, 15) is 9.59 Å². The molecule has 0 saturated carbocycles. The molecule has 9 heteroatoms. The second kappa shape index (κ2) is 10.9. The van der Waals surface area contributed by atoms with E-state index in [0.717, 1.165) is 55.4 Å². The molecule has 3 heterocycles. The zero-order valence-corrected chi connectivity index (χ0v) is 20.7. The Morgan fingerprint density at radius 1 is 1.03 bits per heavy atom. The summed E-state index contributed by atoms with van der Waals surface area (Å²) < 4.78 is 12.2. The monoisotopic (exact) mass is 502 g/mol. The third-order valence-corrected chi connectivity index (χ3v) is 6.90. The summed E-state index contributed by atoms with van der Waals surface area (Å²) in [4.78, 5) is 34.5. The zero-order valence-electron chi connectivity index (χ0n) is 19.8. The van der Waals surface area contributed by atoms with Crippen molar-refractivity contribution in [3.63, 3.8) is 0 Å². The summed E-state index contributed by atoms with van der Waals surface area (Å²) in [6.45, 7) is 4.80. The van der Waals surface area contributed by atoms with Crippen LogP contribution in [-0.4, -0.2) is 45.2 Å². The first kappa shape index (κ1) is 24.0. The predicted molar refractivity (Wildman–Crippen MR) is 138 cm³/mol. The van der Waals surface area contributed by atoms with Crippen molar-refractivity contribution < 1.29 is 19.1 Å². The lowest BCUT2D eigenvalue weighted by Crippen LogP contribution is -2.38. The van der Waals surface area contributed by atoms with Crippen LogP contribution >= 0.6 is 11.8 Å². The van der Waals surface area contributed by atoms with Crippen LogP contribution in [0.5, 0.6) is 17.5 Å². The SMILES string of the molecule is Cc1c(Oc2ccc(C=C3SC(=O)NC3=O)cc2)ncnc1OC1CCN(Cc2ccccc2)CC1. The molecule has 2 aromatic carbocycles. The van der Waals surface area contributed by atoms with Crippen molar-refractivity contribution in [2.75, 3.05) is 13.1 Å². The fourth-order valence-corrected chi connectivity index (χ4v) is 4.82. The predicted octanol–water partition coefficient (Wildman–Crippen LogP) is 4.94. The third kappa shape index (κ3) is 5.92. The minimum Gasteiger partial charge on any atom is -0.474 e. The van der Waals surface area contributed by atoms with Crippen LogP contribution < -0.4 is 14.8 Å². The lowest BCUT2D eigenvalue weighted by molar-refractivity contribution is -0.115. The number of aromatic nitrogens is 2. The maximum atomic E-state index is 11.7. The van der Waals surface area contributed by atoms with E-state index in [1.54, 1.807) is 18.2 Å². The van der Waals surface area contributed by atoms with E-state index >= 15 is 0 Å². The standard InChI is InChI=1S/C27H26N4O4S/c1-18-25(34-21-9-7-19(8-10-21)15-23-24(32)30-27(33)36-23)28-17-29-26(18)35-22-11-13-31(14-12-22)16-20-5-3-2-4-6-20/h2-10,15,17,22H,11-14,16H2,1H3,(H,30,32,33). The van der Waals surface area contributed by atoms with Crippen molar-refractivity contribution in [1.82, 2.24) is 20.2 Å². The number of hydrogen-bond donors (Lipinski definition) is 1. The average molecular weight is 503 g/mol. The van der Waals surface area contributed by atoms with Gasteiger partial charge in [0.25, 0.3) is 11.1 Å². The minimum absolute atomic E-state index is 0.100. The lowest BCUT2D eigenvalue weighted by Gasteiger charge is -2.32. The van der Waals surface area contributed by atoms with Gasteiger partial charge < -0.3 is 9.47 Å². The highest BCUT2D eigenvalue weighted by molar-refractivity contribution is 8.18. The molecule has 3 aromatic rings. The van der Waals surface area contributed by atoms with Crippen LogP contribution in [0.25, 0.3) is 6.08 Å². The number of amides is 2. The number of thioether (sulfide) groups is 1. The molecule has 5 rings (SSSR count). The van der Waals surface area contributed by atoms with Gasteiger partial charge in [0.1, 0.15) is 18.2 Å². The molecular weight excluding hydrogens is 476 g/mol. The highest BCUT2D eigenvalue weighted by Crippen LogP contribution is 2.30. The summed E-state index contributed by atoms with van der Waals surface area (Å²) >= 11 is 0.890. The molecule has 2 fully saturated rings. The smallest absolute Gasteiger partial charge is 0.290 e. The number of nitrogens with zero attached hydrogens (tertiary/aromatic N) is 3. The number of nitrogens with one attached hydrogen (secondary N) is 1. The van der Waals surface area contributed by atoms with Gasteiger partial charge in [-0.3, -0.25) is 19.8 Å². The zero-order chi connectivity index (χ0) is 24.9. The summed E-state index contributed by atoms with van der Waals surface area (Å²) in [5.74, 6) is 1.19. The number of rotatable bonds is 7. The molecule has 2 aliphatic rings. The van der Waals surface area contributed by atoms with Gasteiger partial charge in [-0.05, 0) is 60.9 Å². The minimum atomic E-state index is -0.378. The quantitative estimate of drug-likeness (QED) is 0.454. The molecule has 2 amide bonds. The molecule has 2 aliphatic heterocycles. The normalized spacial score (nSPS) is 17.9. The molecule has 1 N–H and O–H groups in total. The largest absolute Gasteiger partial charge is 0.474 e. The van der Waals surface area contributed by atoms with Crippen molar-refractivity contribution in [3.05, 3.63) is 82.5 Å². The van der Waals surface area contributed by atoms with Gasteiger partial charge in [0.05, 0.1) is 10.5 Å². The molecule has 184 valence electrons. The van der Waals surface area contributed by atoms with Gasteiger partial charge in [0.2, 0.25) is 11.8 Å². The molecule has 0 aliphatic carbocycles. The van der Waals surface area contributed by atoms with Gasteiger partial charge in [-0.15, -0.1) is 0 Å². The van der Waals surface area contributed by atoms with E-state index < -0.39 is 0 Å². The van der Waals surface area contributed by atoms with Crippen LogP contribution in [-0.2, 0) is 11.3 Å².